The molecule has 3 nitrogen and oxygen atoms in total. The van der Waals surface area contributed by atoms with E-state index in [2.05, 4.69) is 5.32 Å². The van der Waals surface area contributed by atoms with Crippen molar-refractivity contribution in [1.82, 2.24) is 0 Å². The van der Waals surface area contributed by atoms with E-state index in [1.807, 2.05) is 43.3 Å². The van der Waals surface area contributed by atoms with E-state index >= 15 is 0 Å². The number of carbonyl (C=O) groups excluding carboxylic acids is 1. The van der Waals surface area contributed by atoms with Crippen LogP contribution < -0.4 is 5.32 Å². The van der Waals surface area contributed by atoms with Crippen molar-refractivity contribution in [2.75, 3.05) is 11.9 Å². The predicted octanol–water partition coefficient (Wildman–Crippen LogP) is 3.02. The van der Waals surface area contributed by atoms with E-state index < -0.39 is 0 Å². The summed E-state index contributed by atoms with van der Waals surface area (Å²) in [6.45, 7) is 1.91. The van der Waals surface area contributed by atoms with Gasteiger partial charge in [-0.3, -0.25) is 4.79 Å². The number of hydrogen-bond donors (Lipinski definition) is 2. The van der Waals surface area contributed by atoms with Crippen LogP contribution in [0.1, 0.15) is 16.6 Å². The Bertz CT molecular complexity index is 522. The molecule has 1 aromatic carbocycles. The normalized spacial score (nSPS) is 12.1. The first-order chi connectivity index (χ1) is 8.74. The van der Waals surface area contributed by atoms with Crippen LogP contribution in [-0.4, -0.2) is 24.0 Å². The van der Waals surface area contributed by atoms with E-state index in [1.165, 1.54) is 11.3 Å². The van der Waals surface area contributed by atoms with E-state index in [4.69, 9.17) is 5.11 Å². The summed E-state index contributed by atoms with van der Waals surface area (Å²) >= 11 is 1.45. The molecule has 0 fully saturated rings. The smallest absolute Gasteiger partial charge is 0.162 e. The monoisotopic (exact) mass is 261 g/mol. The molecule has 94 valence electrons. The topological polar surface area (TPSA) is 49.3 Å². The Morgan fingerprint density at radius 2 is 2.11 bits per heavy atom. The van der Waals surface area contributed by atoms with E-state index in [-0.39, 0.29) is 12.6 Å². The number of nitrogens with one attached hydrogen (secondary N) is 1. The van der Waals surface area contributed by atoms with Gasteiger partial charge in [0.1, 0.15) is 0 Å². The molecule has 0 spiro atoms. The fourth-order valence-corrected chi connectivity index (χ4v) is 2.60. The summed E-state index contributed by atoms with van der Waals surface area (Å²) in [5.74, 6) is 0. The number of thiophene rings is 1. The lowest BCUT2D eigenvalue weighted by atomic mass is 10.2. The number of benzene rings is 1. The van der Waals surface area contributed by atoms with Gasteiger partial charge in [0.05, 0.1) is 17.2 Å². The molecular weight excluding hydrogens is 246 g/mol. The van der Waals surface area contributed by atoms with Gasteiger partial charge in [-0.2, -0.15) is 0 Å². The molecule has 1 atom stereocenters. The van der Waals surface area contributed by atoms with Crippen molar-refractivity contribution in [3.05, 3.63) is 41.3 Å². The largest absolute Gasteiger partial charge is 0.394 e. The van der Waals surface area contributed by atoms with Gasteiger partial charge in [-0.25, -0.2) is 0 Å². The minimum atomic E-state index is -0.0677. The summed E-state index contributed by atoms with van der Waals surface area (Å²) < 4.78 is 0. The molecule has 4 heteroatoms. The molecule has 2 N–H and O–H groups in total. The van der Waals surface area contributed by atoms with Crippen molar-refractivity contribution in [2.45, 2.75) is 13.0 Å². The van der Waals surface area contributed by atoms with Gasteiger partial charge in [0.25, 0.3) is 0 Å². The van der Waals surface area contributed by atoms with Crippen molar-refractivity contribution >= 4 is 23.3 Å². The molecule has 1 aromatic heterocycles. The van der Waals surface area contributed by atoms with Crippen molar-refractivity contribution in [3.8, 4) is 10.4 Å². The van der Waals surface area contributed by atoms with Gasteiger partial charge in [-0.05, 0) is 18.6 Å². The number of aliphatic hydroxyl groups is 1. The first-order valence-corrected chi connectivity index (χ1v) is 6.58. The zero-order valence-electron chi connectivity index (χ0n) is 10.1. The highest BCUT2D eigenvalue weighted by atomic mass is 32.1. The highest BCUT2D eigenvalue weighted by molar-refractivity contribution is 7.17. The average molecular weight is 261 g/mol. The minimum absolute atomic E-state index is 0.0365. The number of carbonyl (C=O) groups is 1. The maximum absolute atomic E-state index is 11.0. The average Bonchev–Trinajstić information content (AvgIpc) is 2.82. The second kappa shape index (κ2) is 5.80. The van der Waals surface area contributed by atoms with Crippen LogP contribution in [0.4, 0.5) is 5.69 Å². The van der Waals surface area contributed by atoms with Crippen LogP contribution in [0.2, 0.25) is 0 Å². The van der Waals surface area contributed by atoms with Gasteiger partial charge in [0.2, 0.25) is 0 Å². The molecule has 2 aromatic rings. The van der Waals surface area contributed by atoms with Crippen molar-refractivity contribution in [1.29, 1.82) is 0 Å². The van der Waals surface area contributed by atoms with Crippen LogP contribution in [-0.2, 0) is 0 Å². The summed E-state index contributed by atoms with van der Waals surface area (Å²) in [6.07, 6.45) is 0.851. The zero-order valence-corrected chi connectivity index (χ0v) is 10.9. The Morgan fingerprint density at radius 3 is 2.72 bits per heavy atom. The summed E-state index contributed by atoms with van der Waals surface area (Å²) in [7, 11) is 0. The van der Waals surface area contributed by atoms with Crippen LogP contribution in [0.25, 0.3) is 10.4 Å². The molecule has 0 bridgehead atoms. The van der Waals surface area contributed by atoms with Crippen LogP contribution >= 0.6 is 11.3 Å². The Labute approximate surface area is 110 Å². The maximum Gasteiger partial charge on any atom is 0.162 e. The van der Waals surface area contributed by atoms with Gasteiger partial charge < -0.3 is 10.4 Å². The fourth-order valence-electron chi connectivity index (χ4n) is 1.66. The minimum Gasteiger partial charge on any atom is -0.394 e. The van der Waals surface area contributed by atoms with Crippen molar-refractivity contribution < 1.29 is 9.90 Å². The Hall–Kier alpha value is -1.65. The second-order valence-corrected chi connectivity index (χ2v) is 5.18. The molecule has 0 aliphatic carbocycles. The zero-order chi connectivity index (χ0) is 13.0. The SMILES string of the molecule is CC(CO)Nc1cc(-c2ccccc2)sc1C=O. The summed E-state index contributed by atoms with van der Waals surface area (Å²) in [4.78, 5) is 12.8. The first kappa shape index (κ1) is 12.8. The molecule has 18 heavy (non-hydrogen) atoms. The van der Waals surface area contributed by atoms with Crippen molar-refractivity contribution in [2.24, 2.45) is 0 Å². The van der Waals surface area contributed by atoms with Crippen LogP contribution in [0.5, 0.6) is 0 Å². The molecule has 0 saturated carbocycles. The van der Waals surface area contributed by atoms with Crippen LogP contribution in [0, 0.1) is 0 Å². The molecule has 0 aliphatic heterocycles. The third kappa shape index (κ3) is 2.78. The third-order valence-electron chi connectivity index (χ3n) is 2.60. The number of rotatable bonds is 5. The van der Waals surface area contributed by atoms with E-state index in [0.29, 0.717) is 4.88 Å². The van der Waals surface area contributed by atoms with Gasteiger partial charge >= 0.3 is 0 Å². The molecule has 0 radical (unpaired) electrons. The number of anilines is 1. The summed E-state index contributed by atoms with van der Waals surface area (Å²) in [5, 5.41) is 12.2. The lowest BCUT2D eigenvalue weighted by Crippen LogP contribution is -2.19. The standard InChI is InChI=1S/C14H15NO2S/c1-10(8-16)15-12-7-13(18-14(12)9-17)11-5-3-2-4-6-11/h2-7,9-10,15-16H,8H2,1H3. The summed E-state index contributed by atoms with van der Waals surface area (Å²) in [6, 6.07) is 11.8. The lowest BCUT2D eigenvalue weighted by Gasteiger charge is -2.10. The highest BCUT2D eigenvalue weighted by Gasteiger charge is 2.11. The number of hydrogen-bond acceptors (Lipinski definition) is 4. The third-order valence-corrected chi connectivity index (χ3v) is 3.71. The van der Waals surface area contributed by atoms with Crippen LogP contribution in [0.15, 0.2) is 36.4 Å². The Balaban J connectivity index is 2.32. The number of aliphatic hydroxyl groups excluding tert-OH is 1. The molecule has 0 aliphatic rings. The molecule has 1 unspecified atom stereocenters. The van der Waals surface area contributed by atoms with E-state index in [0.717, 1.165) is 22.4 Å². The van der Waals surface area contributed by atoms with Crippen molar-refractivity contribution in [3.63, 3.8) is 0 Å². The molecule has 0 amide bonds. The van der Waals surface area contributed by atoms with Crippen LogP contribution in [0.3, 0.4) is 0 Å². The first-order valence-electron chi connectivity index (χ1n) is 5.76. The molecule has 1 heterocycles. The number of aldehydes is 1. The highest BCUT2D eigenvalue weighted by Crippen LogP contribution is 2.33. The fraction of sp³-hybridized carbons (Fsp3) is 0.214. The predicted molar refractivity (Wildman–Crippen MR) is 75.3 cm³/mol. The Kier molecular flexibility index (Phi) is 4.12. The lowest BCUT2D eigenvalue weighted by molar-refractivity contribution is 0.112. The maximum atomic E-state index is 11.0. The summed E-state index contributed by atoms with van der Waals surface area (Å²) in [5.41, 5.74) is 1.88. The van der Waals surface area contributed by atoms with Gasteiger partial charge in [0.15, 0.2) is 6.29 Å². The Morgan fingerprint density at radius 1 is 1.39 bits per heavy atom. The van der Waals surface area contributed by atoms with E-state index in [1.54, 1.807) is 0 Å². The van der Waals surface area contributed by atoms with Gasteiger partial charge in [-0.1, -0.05) is 30.3 Å². The second-order valence-electron chi connectivity index (χ2n) is 4.10. The molecule has 0 saturated heterocycles. The molecular formula is C14H15NO2S. The van der Waals surface area contributed by atoms with E-state index in [9.17, 15) is 4.79 Å². The molecule has 2 rings (SSSR count). The van der Waals surface area contributed by atoms with Gasteiger partial charge in [-0.15, -0.1) is 11.3 Å². The quantitative estimate of drug-likeness (QED) is 0.813. The van der Waals surface area contributed by atoms with Gasteiger partial charge in [0, 0.05) is 10.9 Å².